The minimum absolute atomic E-state index is 0.336. The van der Waals surface area contributed by atoms with Crippen LogP contribution in [-0.4, -0.2) is 21.5 Å². The third-order valence-electron chi connectivity index (χ3n) is 3.06. The van der Waals surface area contributed by atoms with E-state index >= 15 is 0 Å². The Labute approximate surface area is 109 Å². The van der Waals surface area contributed by atoms with Crippen LogP contribution in [0.25, 0.3) is 10.9 Å². The molecule has 3 N–H and O–H groups in total. The molecule has 0 spiro atoms. The molecule has 0 atom stereocenters. The first kappa shape index (κ1) is 11.5. The van der Waals surface area contributed by atoms with Crippen LogP contribution in [0.2, 0.25) is 0 Å². The van der Waals surface area contributed by atoms with E-state index in [0.717, 1.165) is 18.5 Å². The van der Waals surface area contributed by atoms with Crippen molar-refractivity contribution >= 4 is 16.7 Å². The summed E-state index contributed by atoms with van der Waals surface area (Å²) in [5, 5.41) is 4.42. The Morgan fingerprint density at radius 2 is 2.11 bits per heavy atom. The molecule has 0 saturated carbocycles. The molecule has 0 aliphatic carbocycles. The zero-order valence-electron chi connectivity index (χ0n) is 10.3. The van der Waals surface area contributed by atoms with Crippen molar-refractivity contribution in [3.8, 4) is 0 Å². The summed E-state index contributed by atoms with van der Waals surface area (Å²) in [4.78, 5) is 20.5. The Bertz CT molecular complexity index is 744. The minimum Gasteiger partial charge on any atom is -0.371 e. The summed E-state index contributed by atoms with van der Waals surface area (Å²) < 4.78 is 0. The van der Waals surface area contributed by atoms with Gasteiger partial charge in [-0.3, -0.25) is 4.98 Å². The lowest BCUT2D eigenvalue weighted by molar-refractivity contribution is 0.991. The average Bonchev–Trinajstić information content (AvgIpc) is 2.83. The predicted molar refractivity (Wildman–Crippen MR) is 75.4 cm³/mol. The van der Waals surface area contributed by atoms with Crippen LogP contribution >= 0.6 is 0 Å². The molecule has 1 aromatic carbocycles. The predicted octanol–water partition coefficient (Wildman–Crippen LogP) is 1.91. The third-order valence-corrected chi connectivity index (χ3v) is 3.06. The van der Waals surface area contributed by atoms with Crippen molar-refractivity contribution in [1.29, 1.82) is 0 Å². The molecule has 0 bridgehead atoms. The molecule has 19 heavy (non-hydrogen) atoms. The van der Waals surface area contributed by atoms with Gasteiger partial charge in [0.25, 0.3) is 0 Å². The van der Waals surface area contributed by atoms with Crippen LogP contribution in [0.3, 0.4) is 0 Å². The minimum atomic E-state index is -0.336. The summed E-state index contributed by atoms with van der Waals surface area (Å²) in [5.74, 6) is 0.694. The van der Waals surface area contributed by atoms with E-state index in [1.54, 1.807) is 6.07 Å². The molecule has 0 aliphatic rings. The quantitative estimate of drug-likeness (QED) is 0.665. The van der Waals surface area contributed by atoms with Gasteiger partial charge in [0.15, 0.2) is 0 Å². The lowest BCUT2D eigenvalue weighted by atomic mass is 10.1. The maximum atomic E-state index is 11.0. The molecule has 5 heteroatoms. The lowest BCUT2D eigenvalue weighted by Gasteiger charge is -2.04. The van der Waals surface area contributed by atoms with Gasteiger partial charge in [0.1, 0.15) is 5.82 Å². The molecule has 0 unspecified atom stereocenters. The van der Waals surface area contributed by atoms with Gasteiger partial charge in [-0.2, -0.15) is 0 Å². The van der Waals surface area contributed by atoms with Crippen LogP contribution in [-0.2, 0) is 6.42 Å². The van der Waals surface area contributed by atoms with Crippen LogP contribution in [0.1, 0.15) is 5.56 Å². The number of H-pyrrole nitrogens is 2. The Hall–Kier alpha value is -2.56. The molecule has 3 rings (SSSR count). The Morgan fingerprint density at radius 3 is 3.00 bits per heavy atom. The highest BCUT2D eigenvalue weighted by molar-refractivity contribution is 5.83. The summed E-state index contributed by atoms with van der Waals surface area (Å²) in [6.07, 6.45) is 4.41. The second kappa shape index (κ2) is 4.97. The summed E-state index contributed by atoms with van der Waals surface area (Å²) in [7, 11) is 0. The summed E-state index contributed by atoms with van der Waals surface area (Å²) in [6.45, 7) is 0.752. The average molecular weight is 254 g/mol. The monoisotopic (exact) mass is 254 g/mol. The summed E-state index contributed by atoms with van der Waals surface area (Å²) in [6, 6.07) is 9.97. The highest BCUT2D eigenvalue weighted by Gasteiger charge is 2.02. The fourth-order valence-corrected chi connectivity index (χ4v) is 2.14. The molecular weight excluding hydrogens is 240 g/mol. The molecule has 0 radical (unpaired) electrons. The highest BCUT2D eigenvalue weighted by Crippen LogP contribution is 2.17. The number of hydrogen-bond acceptors (Lipinski definition) is 3. The molecular formula is C14H14N4O. The van der Waals surface area contributed by atoms with E-state index in [1.807, 2.05) is 18.3 Å². The van der Waals surface area contributed by atoms with Gasteiger partial charge in [-0.1, -0.05) is 18.2 Å². The first-order valence-electron chi connectivity index (χ1n) is 6.17. The van der Waals surface area contributed by atoms with Crippen LogP contribution in [0, 0.1) is 0 Å². The maximum Gasteiger partial charge on any atom is 0.346 e. The molecule has 3 aromatic rings. The zero-order valence-corrected chi connectivity index (χ0v) is 10.3. The maximum absolute atomic E-state index is 11.0. The fraction of sp³-hybridized carbons (Fsp3) is 0.143. The van der Waals surface area contributed by atoms with Gasteiger partial charge >= 0.3 is 5.69 Å². The normalized spacial score (nSPS) is 10.7. The van der Waals surface area contributed by atoms with E-state index in [1.165, 1.54) is 17.1 Å². The Morgan fingerprint density at radius 1 is 1.21 bits per heavy atom. The largest absolute Gasteiger partial charge is 0.371 e. The smallest absolute Gasteiger partial charge is 0.346 e. The van der Waals surface area contributed by atoms with Crippen molar-refractivity contribution in [2.45, 2.75) is 6.42 Å². The molecule has 5 nitrogen and oxygen atoms in total. The number of anilines is 1. The molecule has 2 heterocycles. The summed E-state index contributed by atoms with van der Waals surface area (Å²) in [5.41, 5.74) is 2.08. The van der Waals surface area contributed by atoms with E-state index in [9.17, 15) is 4.79 Å². The molecule has 0 aliphatic heterocycles. The third kappa shape index (κ3) is 2.49. The highest BCUT2D eigenvalue weighted by atomic mass is 16.1. The molecule has 96 valence electrons. The van der Waals surface area contributed by atoms with Crippen molar-refractivity contribution in [2.24, 2.45) is 0 Å². The Kier molecular flexibility index (Phi) is 3.02. The first-order valence-corrected chi connectivity index (χ1v) is 6.17. The van der Waals surface area contributed by atoms with Gasteiger partial charge < -0.3 is 10.3 Å². The molecule has 0 saturated heterocycles. The van der Waals surface area contributed by atoms with Gasteiger partial charge in [-0.15, -0.1) is 0 Å². The van der Waals surface area contributed by atoms with Gasteiger partial charge in [-0.25, -0.2) is 9.78 Å². The van der Waals surface area contributed by atoms with Gasteiger partial charge in [0.2, 0.25) is 0 Å². The topological polar surface area (TPSA) is 73.6 Å². The number of aromatic amines is 2. The van der Waals surface area contributed by atoms with Crippen molar-refractivity contribution in [1.82, 2.24) is 15.0 Å². The molecule has 2 aromatic heterocycles. The van der Waals surface area contributed by atoms with Crippen molar-refractivity contribution < 1.29 is 0 Å². The zero-order chi connectivity index (χ0) is 13.1. The van der Waals surface area contributed by atoms with Crippen LogP contribution < -0.4 is 11.0 Å². The number of para-hydroxylation sites is 1. The fourth-order valence-electron chi connectivity index (χ4n) is 2.14. The van der Waals surface area contributed by atoms with Gasteiger partial charge in [-0.05, 0) is 24.1 Å². The number of benzene rings is 1. The number of nitrogens with zero attached hydrogens (tertiary/aromatic N) is 1. The second-order valence-electron chi connectivity index (χ2n) is 4.32. The lowest BCUT2D eigenvalue weighted by Crippen LogP contribution is -2.14. The number of fused-ring (bicyclic) bond motifs is 1. The van der Waals surface area contributed by atoms with E-state index in [4.69, 9.17) is 0 Å². The van der Waals surface area contributed by atoms with E-state index < -0.39 is 0 Å². The van der Waals surface area contributed by atoms with Gasteiger partial charge in [0, 0.05) is 29.8 Å². The number of rotatable bonds is 4. The van der Waals surface area contributed by atoms with Crippen LogP contribution in [0.5, 0.6) is 0 Å². The number of aromatic nitrogens is 3. The van der Waals surface area contributed by atoms with Crippen molar-refractivity contribution in [3.63, 3.8) is 0 Å². The molecule has 0 amide bonds. The van der Waals surface area contributed by atoms with E-state index in [2.05, 4.69) is 32.4 Å². The standard InChI is InChI=1S/C14H14N4O/c19-14-16-8-6-13(18-14)15-7-5-10-9-17-12-4-2-1-3-11(10)12/h1-4,6,8-9,17H,5,7H2,(H2,15,16,18,19). The van der Waals surface area contributed by atoms with Crippen LogP contribution in [0.4, 0.5) is 5.82 Å². The van der Waals surface area contributed by atoms with E-state index in [-0.39, 0.29) is 5.69 Å². The SMILES string of the molecule is O=c1nccc(NCCc2c[nH]c3ccccc23)[nH]1. The number of hydrogen-bond donors (Lipinski definition) is 3. The Balaban J connectivity index is 1.68. The summed E-state index contributed by atoms with van der Waals surface area (Å²) >= 11 is 0. The van der Waals surface area contributed by atoms with E-state index in [0.29, 0.717) is 5.82 Å². The van der Waals surface area contributed by atoms with Crippen LogP contribution in [0.15, 0.2) is 47.5 Å². The van der Waals surface area contributed by atoms with Gasteiger partial charge in [0.05, 0.1) is 0 Å². The molecule has 0 fully saturated rings. The number of nitrogens with one attached hydrogen (secondary N) is 3. The van der Waals surface area contributed by atoms with Crippen molar-refractivity contribution in [3.05, 3.63) is 58.8 Å². The first-order chi connectivity index (χ1) is 9.33. The second-order valence-corrected chi connectivity index (χ2v) is 4.32. The van der Waals surface area contributed by atoms with Crippen molar-refractivity contribution in [2.75, 3.05) is 11.9 Å².